The van der Waals surface area contributed by atoms with Crippen LogP contribution in [0.5, 0.6) is 0 Å². The summed E-state index contributed by atoms with van der Waals surface area (Å²) in [6.45, 7) is 5.79. The summed E-state index contributed by atoms with van der Waals surface area (Å²) in [5.41, 5.74) is 0. The molecule has 2 heteroatoms. The summed E-state index contributed by atoms with van der Waals surface area (Å²) in [6, 6.07) is 0.391. The third-order valence-corrected chi connectivity index (χ3v) is 1.54. The van der Waals surface area contributed by atoms with Crippen molar-refractivity contribution in [2.45, 2.75) is 46.1 Å². The largest absolute Gasteiger partial charge is 0.354 e. The molecule has 0 saturated heterocycles. The third-order valence-electron chi connectivity index (χ3n) is 1.54. The molecule has 0 fully saturated rings. The predicted octanol–water partition coefficient (Wildman–Crippen LogP) is 1.95. The van der Waals surface area contributed by atoms with Crippen LogP contribution in [0.3, 0.4) is 0 Å². The number of carbonyl (C=O) groups is 1. The van der Waals surface area contributed by atoms with Crippen LogP contribution in [0.25, 0.3) is 0 Å². The molecular formula is C8H19NO. The van der Waals surface area contributed by atoms with E-state index in [2.05, 4.69) is 19.2 Å². The van der Waals surface area contributed by atoms with E-state index in [1.54, 1.807) is 6.92 Å². The molecule has 1 N–H and O–H groups in total. The Balaban J connectivity index is 0. The Morgan fingerprint density at radius 1 is 1.60 bits per heavy atom. The zero-order valence-corrected chi connectivity index (χ0v) is 7.11. The van der Waals surface area contributed by atoms with Gasteiger partial charge in [-0.3, -0.25) is 4.79 Å². The summed E-state index contributed by atoms with van der Waals surface area (Å²) in [5, 5.41) is 2.89. The van der Waals surface area contributed by atoms with E-state index in [4.69, 9.17) is 0 Å². The number of rotatable bonds is 4. The lowest BCUT2D eigenvalue weighted by Gasteiger charge is -2.13. The molecule has 0 bridgehead atoms. The minimum Gasteiger partial charge on any atom is -0.354 e. The Morgan fingerprint density at radius 2 is 2.20 bits per heavy atom. The Morgan fingerprint density at radius 3 is 2.50 bits per heavy atom. The fraction of sp³-hybridized carbons (Fsp3) is 0.875. The predicted molar refractivity (Wildman–Crippen MR) is 44.9 cm³/mol. The van der Waals surface area contributed by atoms with Crippen molar-refractivity contribution in [1.29, 1.82) is 0 Å². The average molecular weight is 145 g/mol. The first-order chi connectivity index (χ1) is 4.70. The molecule has 0 aliphatic heterocycles. The molecular weight excluding hydrogens is 126 g/mol. The van der Waals surface area contributed by atoms with E-state index in [1.165, 1.54) is 0 Å². The van der Waals surface area contributed by atoms with E-state index in [0.717, 1.165) is 19.3 Å². The molecule has 0 aliphatic rings. The van der Waals surface area contributed by atoms with Crippen molar-refractivity contribution in [2.24, 2.45) is 0 Å². The van der Waals surface area contributed by atoms with Gasteiger partial charge in [-0.1, -0.05) is 20.3 Å². The molecule has 10 heavy (non-hydrogen) atoms. The highest BCUT2D eigenvalue weighted by Crippen LogP contribution is 1.99. The molecule has 62 valence electrons. The fourth-order valence-corrected chi connectivity index (χ4v) is 1.01. The van der Waals surface area contributed by atoms with E-state index in [1.807, 2.05) is 0 Å². The van der Waals surface area contributed by atoms with Gasteiger partial charge < -0.3 is 5.32 Å². The second-order valence-electron chi connectivity index (χ2n) is 2.59. The second kappa shape index (κ2) is 5.27. The van der Waals surface area contributed by atoms with Gasteiger partial charge in [0.25, 0.3) is 0 Å². The summed E-state index contributed by atoms with van der Waals surface area (Å²) < 4.78 is 0. The van der Waals surface area contributed by atoms with Crippen molar-refractivity contribution >= 4 is 5.91 Å². The quantitative estimate of drug-likeness (QED) is 0.643. The van der Waals surface area contributed by atoms with E-state index < -0.39 is 0 Å². The molecule has 0 aliphatic carbocycles. The van der Waals surface area contributed by atoms with Gasteiger partial charge in [0.2, 0.25) is 5.91 Å². The number of hydrogen-bond acceptors (Lipinski definition) is 1. The zero-order chi connectivity index (χ0) is 7.98. The molecule has 0 rings (SSSR count). The van der Waals surface area contributed by atoms with Gasteiger partial charge in [0.1, 0.15) is 0 Å². The minimum absolute atomic E-state index is 0. The first kappa shape index (κ1) is 9.47. The molecule has 1 amide bonds. The minimum atomic E-state index is 0. The number of amides is 1. The maximum absolute atomic E-state index is 10.6. The molecule has 0 spiro atoms. The van der Waals surface area contributed by atoms with Crippen LogP contribution in [0.1, 0.15) is 41.5 Å². The molecule has 1 atom stereocenters. The second-order valence-corrected chi connectivity index (χ2v) is 2.59. The lowest BCUT2D eigenvalue weighted by atomic mass is 10.1. The molecule has 0 aromatic heterocycles. The van der Waals surface area contributed by atoms with Crippen LogP contribution in [0, 0.1) is 0 Å². The molecule has 0 aromatic carbocycles. The van der Waals surface area contributed by atoms with Crippen LogP contribution in [0.2, 0.25) is 0 Å². The summed E-state index contributed by atoms with van der Waals surface area (Å²) >= 11 is 0. The molecule has 0 saturated carbocycles. The monoisotopic (exact) mass is 145 g/mol. The average Bonchev–Trinajstić information content (AvgIpc) is 1.86. The van der Waals surface area contributed by atoms with Gasteiger partial charge in [-0.2, -0.15) is 0 Å². The number of hydrogen-bond donors (Lipinski definition) is 1. The number of carbonyl (C=O) groups excluding carboxylic acids is 1. The van der Waals surface area contributed by atoms with E-state index in [0.29, 0.717) is 6.04 Å². The van der Waals surface area contributed by atoms with Crippen LogP contribution in [-0.2, 0) is 4.79 Å². The first-order valence-electron chi connectivity index (χ1n) is 3.97. The van der Waals surface area contributed by atoms with Gasteiger partial charge in [-0.15, -0.1) is 0 Å². The van der Waals surface area contributed by atoms with Crippen molar-refractivity contribution in [3.8, 4) is 0 Å². The Kier molecular flexibility index (Phi) is 4.99. The zero-order valence-electron chi connectivity index (χ0n) is 7.11. The topological polar surface area (TPSA) is 29.1 Å². The van der Waals surface area contributed by atoms with E-state index >= 15 is 0 Å². The smallest absolute Gasteiger partial charge is 0.217 e. The van der Waals surface area contributed by atoms with Gasteiger partial charge in [0.15, 0.2) is 0 Å². The first-order valence-corrected chi connectivity index (χ1v) is 3.97. The normalized spacial score (nSPS) is 12.7. The van der Waals surface area contributed by atoms with Gasteiger partial charge >= 0.3 is 0 Å². The molecule has 0 heterocycles. The SMILES string of the molecule is CCC[C@@H](CC)NC(C)=O.[HH]. The van der Waals surface area contributed by atoms with Crippen LogP contribution in [-0.4, -0.2) is 11.9 Å². The maximum atomic E-state index is 10.6. The lowest BCUT2D eigenvalue weighted by molar-refractivity contribution is -0.119. The van der Waals surface area contributed by atoms with Gasteiger partial charge in [-0.25, -0.2) is 0 Å². The standard InChI is InChI=1S/C8H17NO.H2/c1-4-6-8(5-2)9-7(3)10;/h8H,4-6H2,1-3H3,(H,9,10);1H/t8-;/m1./s1. The van der Waals surface area contributed by atoms with Gasteiger partial charge in [-0.05, 0) is 12.8 Å². The van der Waals surface area contributed by atoms with Gasteiger partial charge in [0, 0.05) is 14.4 Å². The Hall–Kier alpha value is -0.530. The van der Waals surface area contributed by atoms with Crippen molar-refractivity contribution in [3.63, 3.8) is 0 Å². The maximum Gasteiger partial charge on any atom is 0.217 e. The highest BCUT2D eigenvalue weighted by atomic mass is 16.1. The highest BCUT2D eigenvalue weighted by molar-refractivity contribution is 5.73. The summed E-state index contributed by atoms with van der Waals surface area (Å²) in [6.07, 6.45) is 3.27. The summed E-state index contributed by atoms with van der Waals surface area (Å²) in [4.78, 5) is 10.6. The highest BCUT2D eigenvalue weighted by Gasteiger charge is 2.04. The molecule has 2 nitrogen and oxygen atoms in total. The summed E-state index contributed by atoms with van der Waals surface area (Å²) in [5.74, 6) is 0.0836. The van der Waals surface area contributed by atoms with Crippen LogP contribution >= 0.6 is 0 Å². The molecule has 0 radical (unpaired) electrons. The van der Waals surface area contributed by atoms with E-state index in [9.17, 15) is 4.79 Å². The Bertz CT molecular complexity index is 106. The van der Waals surface area contributed by atoms with Crippen molar-refractivity contribution in [3.05, 3.63) is 0 Å². The van der Waals surface area contributed by atoms with Crippen molar-refractivity contribution in [2.75, 3.05) is 0 Å². The van der Waals surface area contributed by atoms with Crippen LogP contribution in [0.4, 0.5) is 0 Å². The van der Waals surface area contributed by atoms with E-state index in [-0.39, 0.29) is 7.33 Å². The Labute approximate surface area is 64.5 Å². The van der Waals surface area contributed by atoms with Crippen molar-refractivity contribution < 1.29 is 6.22 Å². The third kappa shape index (κ3) is 4.36. The fourth-order valence-electron chi connectivity index (χ4n) is 1.01. The lowest BCUT2D eigenvalue weighted by Crippen LogP contribution is -2.32. The van der Waals surface area contributed by atoms with Crippen LogP contribution < -0.4 is 5.32 Å². The number of nitrogens with one attached hydrogen (secondary N) is 1. The van der Waals surface area contributed by atoms with Crippen molar-refractivity contribution in [1.82, 2.24) is 5.32 Å². The molecule has 0 unspecified atom stereocenters. The molecule has 0 aromatic rings. The van der Waals surface area contributed by atoms with Crippen LogP contribution in [0.15, 0.2) is 0 Å². The van der Waals surface area contributed by atoms with Gasteiger partial charge in [0.05, 0.1) is 0 Å². The summed E-state index contributed by atoms with van der Waals surface area (Å²) in [7, 11) is 0.